The number of H-pyrrole nitrogens is 2. The molecule has 44 heavy (non-hydrogen) atoms. The second kappa shape index (κ2) is 10.9. The number of nitrogens with zero attached hydrogens (tertiary/aromatic N) is 2. The van der Waals surface area contributed by atoms with E-state index in [1.165, 1.54) is 7.11 Å². The van der Waals surface area contributed by atoms with Gasteiger partial charge in [0.05, 0.1) is 18.3 Å². The number of Topliss-reactive ketones (excluding diaryl/α,β-unsaturated/α-hetero) is 1. The van der Waals surface area contributed by atoms with Crippen LogP contribution < -0.4 is 0 Å². The predicted octanol–water partition coefficient (Wildman–Crippen LogP) is 7.08. The third-order valence-corrected chi connectivity index (χ3v) is 10.0. The zero-order chi connectivity index (χ0) is 31.6. The first-order valence-electron chi connectivity index (χ1n) is 15.2. The van der Waals surface area contributed by atoms with Gasteiger partial charge in [-0.2, -0.15) is 0 Å². The average Bonchev–Trinajstić information content (AvgIpc) is 3.72. The van der Waals surface area contributed by atoms with Crippen LogP contribution in [-0.2, 0) is 14.3 Å². The lowest BCUT2D eigenvalue weighted by Crippen LogP contribution is -2.21. The number of aromatic nitrogens is 4. The molecule has 228 valence electrons. The number of carboxylic acids is 1. The van der Waals surface area contributed by atoms with E-state index in [0.717, 1.165) is 56.7 Å². The van der Waals surface area contributed by atoms with Crippen LogP contribution in [0.1, 0.15) is 125 Å². The van der Waals surface area contributed by atoms with E-state index in [2.05, 4.69) is 36.5 Å². The Kier molecular flexibility index (Phi) is 7.30. The summed E-state index contributed by atoms with van der Waals surface area (Å²) in [7, 11) is 1.27. The van der Waals surface area contributed by atoms with Crippen LogP contribution in [0.25, 0.3) is 28.1 Å². The number of carbonyl (C=O) groups is 3. The second-order valence-corrected chi connectivity index (χ2v) is 12.3. The van der Waals surface area contributed by atoms with Gasteiger partial charge in [-0.05, 0) is 56.0 Å². The molecule has 9 nitrogen and oxygen atoms in total. The number of carbonyl (C=O) groups excluding carboxylic acids is 2. The van der Waals surface area contributed by atoms with Crippen LogP contribution in [-0.4, -0.2) is 49.9 Å². The summed E-state index contributed by atoms with van der Waals surface area (Å²) < 4.78 is 5.14. The number of nitrogens with one attached hydrogen (secondary N) is 2. The van der Waals surface area contributed by atoms with Crippen molar-refractivity contribution in [2.75, 3.05) is 7.11 Å². The molecule has 0 amide bonds. The van der Waals surface area contributed by atoms with Crippen LogP contribution in [0.15, 0.2) is 24.8 Å². The number of fused-ring (bicyclic) bond motifs is 8. The summed E-state index contributed by atoms with van der Waals surface area (Å²) in [6.45, 7) is 14.3. The highest BCUT2D eigenvalue weighted by atomic mass is 16.5. The number of rotatable bonds is 6. The molecule has 0 saturated heterocycles. The number of carboxylic acid groups (broad SMARTS) is 1. The third kappa shape index (κ3) is 4.40. The number of esters is 1. The third-order valence-electron chi connectivity index (χ3n) is 10.0. The fraction of sp³-hybridized carbons (Fsp3) is 0.400. The molecule has 9 heteroatoms. The van der Waals surface area contributed by atoms with Gasteiger partial charge in [-0.15, -0.1) is 0 Å². The van der Waals surface area contributed by atoms with E-state index in [0.29, 0.717) is 28.8 Å². The standard InChI is InChI=1S/C35H38N4O5/c1-8-19-15(3)22-12-24-17(5)21(10-11-28(40)41)32(38-24)30-31(35(43)44-7)34(42)29-18(6)25(39-33(29)30)14-27-20(9-2)16(4)23(37-27)13-26(19)36-22/h8,12-14,16-17,20-21,31,36,39H,1,9-11H2,2-7H3,(H,40,41)/t16?,17-,20?,21-,31+/m0/s1. The van der Waals surface area contributed by atoms with Crippen molar-refractivity contribution in [1.29, 1.82) is 0 Å². The van der Waals surface area contributed by atoms with Crippen molar-refractivity contribution in [3.05, 3.63) is 75.4 Å². The SMILES string of the molecule is C=Cc1c(C)c2cc3nc(c4c5[nH]c(cc6nc(cc1[nH]2)C(C)C6CC)c(C)c5C(=O)[C@@H]4C(=O)OC)[C@@H](CCC(=O)O)[C@@H]3C. The monoisotopic (exact) mass is 594 g/mol. The maximum Gasteiger partial charge on any atom is 0.321 e. The normalized spacial score (nSPS) is 22.3. The molecule has 1 aliphatic carbocycles. The fourth-order valence-corrected chi connectivity index (χ4v) is 7.44. The van der Waals surface area contributed by atoms with Gasteiger partial charge in [-0.1, -0.05) is 33.4 Å². The fourth-order valence-electron chi connectivity index (χ4n) is 7.44. The highest BCUT2D eigenvalue weighted by Crippen LogP contribution is 2.48. The van der Waals surface area contributed by atoms with Crippen molar-refractivity contribution in [2.45, 2.75) is 83.5 Å². The van der Waals surface area contributed by atoms with E-state index in [-0.39, 0.29) is 35.9 Å². The zero-order valence-corrected chi connectivity index (χ0v) is 26.0. The maximum atomic E-state index is 14.0. The van der Waals surface area contributed by atoms with Crippen LogP contribution in [0.2, 0.25) is 0 Å². The van der Waals surface area contributed by atoms with Gasteiger partial charge in [0.2, 0.25) is 0 Å². The minimum Gasteiger partial charge on any atom is -0.481 e. The Morgan fingerprint density at radius 3 is 2.27 bits per heavy atom. The molecule has 6 rings (SSSR count). The highest BCUT2D eigenvalue weighted by Gasteiger charge is 2.45. The minimum absolute atomic E-state index is 0.0721. The highest BCUT2D eigenvalue weighted by molar-refractivity contribution is 6.23. The molecule has 8 bridgehead atoms. The molecule has 5 heterocycles. The van der Waals surface area contributed by atoms with E-state index >= 15 is 0 Å². The van der Waals surface area contributed by atoms with Crippen molar-refractivity contribution in [1.82, 2.24) is 19.9 Å². The van der Waals surface area contributed by atoms with Crippen LogP contribution in [0, 0.1) is 13.8 Å². The molecule has 3 aromatic rings. The number of methoxy groups -OCH3 is 1. The molecule has 3 aromatic heterocycles. The van der Waals surface area contributed by atoms with Gasteiger partial charge >= 0.3 is 11.9 Å². The van der Waals surface area contributed by atoms with Gasteiger partial charge in [-0.3, -0.25) is 24.4 Å². The summed E-state index contributed by atoms with van der Waals surface area (Å²) in [4.78, 5) is 56.2. The smallest absolute Gasteiger partial charge is 0.321 e. The molecule has 0 aromatic carbocycles. The number of aryl methyl sites for hydroxylation is 2. The van der Waals surface area contributed by atoms with Gasteiger partial charge < -0.3 is 19.8 Å². The van der Waals surface area contributed by atoms with E-state index in [1.54, 1.807) is 0 Å². The number of aliphatic carboxylic acids is 1. The first-order chi connectivity index (χ1) is 21.0. The van der Waals surface area contributed by atoms with Gasteiger partial charge in [0.25, 0.3) is 0 Å². The Bertz CT molecular complexity index is 1920. The Labute approximate surface area is 255 Å². The Morgan fingerprint density at radius 1 is 0.977 bits per heavy atom. The van der Waals surface area contributed by atoms with Crippen molar-refractivity contribution < 1.29 is 24.2 Å². The number of ether oxygens (including phenoxy) is 1. The van der Waals surface area contributed by atoms with Gasteiger partial charge in [0.15, 0.2) is 5.78 Å². The molecule has 2 unspecified atom stereocenters. The second-order valence-electron chi connectivity index (χ2n) is 12.3. The topological polar surface area (TPSA) is 138 Å². The number of hydrogen-bond donors (Lipinski definition) is 3. The van der Waals surface area contributed by atoms with Crippen molar-refractivity contribution in [3.8, 4) is 0 Å². The molecule has 0 radical (unpaired) electrons. The van der Waals surface area contributed by atoms with Crippen molar-refractivity contribution >= 4 is 45.9 Å². The molecule has 0 fully saturated rings. The molecule has 0 saturated carbocycles. The van der Waals surface area contributed by atoms with Crippen molar-refractivity contribution in [2.24, 2.45) is 0 Å². The summed E-state index contributed by atoms with van der Waals surface area (Å²) in [5, 5.41) is 9.60. The number of hydrogen-bond acceptors (Lipinski definition) is 6. The van der Waals surface area contributed by atoms with Crippen LogP contribution in [0.3, 0.4) is 0 Å². The summed E-state index contributed by atoms with van der Waals surface area (Å²) in [6.07, 6.45) is 2.97. The molecule has 3 N–H and O–H groups in total. The first kappa shape index (κ1) is 29.5. The summed E-state index contributed by atoms with van der Waals surface area (Å²) in [5.41, 5.74) is 9.95. The summed E-state index contributed by atoms with van der Waals surface area (Å²) in [6, 6.07) is 6.12. The van der Waals surface area contributed by atoms with Gasteiger partial charge in [0.1, 0.15) is 5.92 Å². The first-order valence-corrected chi connectivity index (χ1v) is 15.2. The molecular weight excluding hydrogens is 556 g/mol. The number of aromatic amines is 2. The quantitative estimate of drug-likeness (QED) is 0.205. The van der Waals surface area contributed by atoms with E-state index in [9.17, 15) is 19.5 Å². The number of ketones is 1. The summed E-state index contributed by atoms with van der Waals surface area (Å²) in [5.74, 6) is -3.23. The van der Waals surface area contributed by atoms with Crippen LogP contribution in [0.5, 0.6) is 0 Å². The largest absolute Gasteiger partial charge is 0.481 e. The Hall–Kier alpha value is -4.53. The lowest BCUT2D eigenvalue weighted by molar-refractivity contribution is -0.141. The van der Waals surface area contributed by atoms with E-state index < -0.39 is 17.9 Å². The maximum absolute atomic E-state index is 14.0. The van der Waals surface area contributed by atoms with Gasteiger partial charge in [0, 0.05) is 80.4 Å². The lowest BCUT2D eigenvalue weighted by Gasteiger charge is -2.18. The van der Waals surface area contributed by atoms with E-state index in [4.69, 9.17) is 14.7 Å². The van der Waals surface area contributed by atoms with Gasteiger partial charge in [-0.25, -0.2) is 0 Å². The van der Waals surface area contributed by atoms with E-state index in [1.807, 2.05) is 39.0 Å². The van der Waals surface area contributed by atoms with Crippen LogP contribution >= 0.6 is 0 Å². The minimum atomic E-state index is -1.18. The molecule has 3 aliphatic rings. The average molecular weight is 595 g/mol. The van der Waals surface area contributed by atoms with Crippen LogP contribution in [0.4, 0.5) is 0 Å². The zero-order valence-electron chi connectivity index (χ0n) is 26.0. The summed E-state index contributed by atoms with van der Waals surface area (Å²) >= 11 is 0. The Balaban J connectivity index is 1.80. The lowest BCUT2D eigenvalue weighted by atomic mass is 9.84. The molecule has 0 spiro atoms. The van der Waals surface area contributed by atoms with Crippen molar-refractivity contribution in [3.63, 3.8) is 0 Å². The predicted molar refractivity (Wildman–Crippen MR) is 169 cm³/mol. The molecular formula is C35H38N4O5. The Morgan fingerprint density at radius 2 is 1.61 bits per heavy atom. The molecule has 2 aliphatic heterocycles. The molecule has 5 atom stereocenters.